The molecule has 2 unspecified atom stereocenters. The van der Waals surface area contributed by atoms with E-state index in [-0.39, 0.29) is 18.4 Å². The second kappa shape index (κ2) is 2.40. The van der Waals surface area contributed by atoms with Gasteiger partial charge >= 0.3 is 5.97 Å². The summed E-state index contributed by atoms with van der Waals surface area (Å²) in [5.74, 6) is 0.466. The fraction of sp³-hybridized carbons (Fsp3) is 0.833. The average molecular weight is 164 g/mol. The normalized spacial score (nSPS) is 41.8. The van der Waals surface area contributed by atoms with Crippen molar-refractivity contribution in [2.45, 2.75) is 12.5 Å². The highest BCUT2D eigenvalue weighted by Gasteiger charge is 2.51. The molecule has 58 valence electrons. The monoisotopic (exact) mass is 163 g/mol. The Hall–Kier alpha value is -0.280. The molecule has 0 bridgehead atoms. The summed E-state index contributed by atoms with van der Waals surface area (Å²) in [5.41, 5.74) is 0. The van der Waals surface area contributed by atoms with Crippen molar-refractivity contribution in [2.24, 2.45) is 11.8 Å². The largest absolute Gasteiger partial charge is 0.480 e. The minimum absolute atomic E-state index is 0. The van der Waals surface area contributed by atoms with Crippen molar-refractivity contribution in [1.82, 2.24) is 5.32 Å². The van der Waals surface area contributed by atoms with Gasteiger partial charge < -0.3 is 10.4 Å². The van der Waals surface area contributed by atoms with Gasteiger partial charge in [0.2, 0.25) is 0 Å². The number of hydrogen-bond donors (Lipinski definition) is 2. The number of aliphatic carboxylic acids is 1. The van der Waals surface area contributed by atoms with Crippen LogP contribution >= 0.6 is 12.4 Å². The average Bonchev–Trinajstić information content (AvgIpc) is 2.43. The predicted molar refractivity (Wildman–Crippen MR) is 38.3 cm³/mol. The van der Waals surface area contributed by atoms with Gasteiger partial charge in [0.25, 0.3) is 0 Å². The highest BCUT2D eigenvalue weighted by molar-refractivity contribution is 5.85. The van der Waals surface area contributed by atoms with Crippen molar-refractivity contribution in [1.29, 1.82) is 0 Å². The second-order valence-electron chi connectivity index (χ2n) is 2.88. The molecule has 0 radical (unpaired) electrons. The first-order valence-electron chi connectivity index (χ1n) is 3.25. The number of carboxylic acids is 1. The number of nitrogens with one attached hydrogen (secondary N) is 1. The van der Waals surface area contributed by atoms with E-state index in [1.807, 2.05) is 0 Å². The third-order valence-corrected chi connectivity index (χ3v) is 2.27. The number of rotatable bonds is 1. The number of carbonyl (C=O) groups is 1. The van der Waals surface area contributed by atoms with Crippen LogP contribution < -0.4 is 5.32 Å². The Morgan fingerprint density at radius 2 is 2.30 bits per heavy atom. The Bertz CT molecular complexity index is 162. The molecule has 2 aliphatic rings. The molecule has 3 atom stereocenters. The summed E-state index contributed by atoms with van der Waals surface area (Å²) in [5, 5.41) is 11.5. The smallest absolute Gasteiger partial charge is 0.320 e. The van der Waals surface area contributed by atoms with Gasteiger partial charge in [-0.3, -0.25) is 4.79 Å². The van der Waals surface area contributed by atoms with E-state index in [0.29, 0.717) is 11.8 Å². The molecule has 1 aliphatic heterocycles. The van der Waals surface area contributed by atoms with Crippen LogP contribution in [0.3, 0.4) is 0 Å². The maximum Gasteiger partial charge on any atom is 0.320 e. The number of piperidine rings is 1. The standard InChI is InChI=1S/C6H9NO2.ClH/c8-6(9)5-4-1-3(4)2-7-5;/h3-5,7H,1-2H2,(H,8,9);1H/t3?,4?,5-;/m0./s1. The predicted octanol–water partition coefficient (Wildman–Crippen LogP) is 0.101. The molecule has 2 fully saturated rings. The number of halogens is 1. The summed E-state index contributed by atoms with van der Waals surface area (Å²) >= 11 is 0. The molecule has 2 N–H and O–H groups in total. The quantitative estimate of drug-likeness (QED) is 0.577. The van der Waals surface area contributed by atoms with Gasteiger partial charge in [-0.15, -0.1) is 12.4 Å². The Morgan fingerprint density at radius 1 is 1.60 bits per heavy atom. The summed E-state index contributed by atoms with van der Waals surface area (Å²) in [6.07, 6.45) is 1.13. The van der Waals surface area contributed by atoms with Crippen LogP contribution in [0, 0.1) is 11.8 Å². The molecule has 3 nitrogen and oxygen atoms in total. The molecule has 0 spiro atoms. The maximum atomic E-state index is 10.4. The molecule has 1 saturated carbocycles. The number of fused-ring (bicyclic) bond motifs is 1. The van der Waals surface area contributed by atoms with E-state index in [0.717, 1.165) is 13.0 Å². The lowest BCUT2D eigenvalue weighted by Crippen LogP contribution is -2.34. The zero-order valence-corrected chi connectivity index (χ0v) is 6.23. The van der Waals surface area contributed by atoms with E-state index < -0.39 is 5.97 Å². The highest BCUT2D eigenvalue weighted by Crippen LogP contribution is 2.44. The lowest BCUT2D eigenvalue weighted by molar-refractivity contribution is -0.139. The van der Waals surface area contributed by atoms with Gasteiger partial charge in [0.1, 0.15) is 6.04 Å². The van der Waals surface area contributed by atoms with Crippen LogP contribution in [0.4, 0.5) is 0 Å². The summed E-state index contributed by atoms with van der Waals surface area (Å²) < 4.78 is 0. The molecule has 10 heavy (non-hydrogen) atoms. The molecule has 1 saturated heterocycles. The first kappa shape index (κ1) is 7.82. The SMILES string of the molecule is Cl.O=C(O)[C@H]1NCC2CC21. The fourth-order valence-corrected chi connectivity index (χ4v) is 1.61. The Balaban J connectivity index is 0.000000500. The van der Waals surface area contributed by atoms with Crippen LogP contribution in [0.5, 0.6) is 0 Å². The topological polar surface area (TPSA) is 49.3 Å². The molecule has 2 rings (SSSR count). The second-order valence-corrected chi connectivity index (χ2v) is 2.88. The van der Waals surface area contributed by atoms with E-state index in [1.165, 1.54) is 0 Å². The first-order valence-corrected chi connectivity index (χ1v) is 3.25. The highest BCUT2D eigenvalue weighted by atomic mass is 35.5. The van der Waals surface area contributed by atoms with Crippen LogP contribution in [-0.2, 0) is 4.79 Å². The zero-order valence-electron chi connectivity index (χ0n) is 5.41. The Morgan fingerprint density at radius 3 is 2.50 bits per heavy atom. The van der Waals surface area contributed by atoms with Crippen molar-refractivity contribution >= 4 is 18.4 Å². The van der Waals surface area contributed by atoms with Gasteiger partial charge in [0.15, 0.2) is 0 Å². The summed E-state index contributed by atoms with van der Waals surface area (Å²) in [7, 11) is 0. The number of carboxylic acid groups (broad SMARTS) is 1. The van der Waals surface area contributed by atoms with Gasteiger partial charge in [-0.1, -0.05) is 0 Å². The van der Waals surface area contributed by atoms with Crippen molar-refractivity contribution in [3.05, 3.63) is 0 Å². The van der Waals surface area contributed by atoms with E-state index in [1.54, 1.807) is 0 Å². The van der Waals surface area contributed by atoms with Gasteiger partial charge in [0, 0.05) is 0 Å². The zero-order chi connectivity index (χ0) is 6.43. The minimum atomic E-state index is -0.681. The van der Waals surface area contributed by atoms with Crippen LogP contribution in [0.25, 0.3) is 0 Å². The van der Waals surface area contributed by atoms with Crippen LogP contribution in [0.15, 0.2) is 0 Å². The van der Waals surface area contributed by atoms with Gasteiger partial charge in [-0.05, 0) is 24.8 Å². The number of hydrogen-bond acceptors (Lipinski definition) is 2. The summed E-state index contributed by atoms with van der Waals surface area (Å²) in [6.45, 7) is 0.918. The van der Waals surface area contributed by atoms with Crippen molar-refractivity contribution in [3.63, 3.8) is 0 Å². The van der Waals surface area contributed by atoms with Gasteiger partial charge in [-0.2, -0.15) is 0 Å². The molecular weight excluding hydrogens is 154 g/mol. The molecule has 4 heteroatoms. The van der Waals surface area contributed by atoms with Crippen LogP contribution in [0.1, 0.15) is 6.42 Å². The lowest BCUT2D eigenvalue weighted by atomic mass is 10.2. The van der Waals surface area contributed by atoms with Crippen molar-refractivity contribution in [3.8, 4) is 0 Å². The molecule has 0 amide bonds. The fourth-order valence-electron chi connectivity index (χ4n) is 1.61. The molecule has 0 aromatic carbocycles. The molecule has 1 aliphatic carbocycles. The van der Waals surface area contributed by atoms with Crippen molar-refractivity contribution in [2.75, 3.05) is 6.54 Å². The molecular formula is C6H10ClNO2. The summed E-state index contributed by atoms with van der Waals surface area (Å²) in [6, 6.07) is -0.227. The third-order valence-electron chi connectivity index (χ3n) is 2.27. The lowest BCUT2D eigenvalue weighted by Gasteiger charge is -2.04. The van der Waals surface area contributed by atoms with Gasteiger partial charge in [-0.25, -0.2) is 0 Å². The van der Waals surface area contributed by atoms with Gasteiger partial charge in [0.05, 0.1) is 0 Å². The first-order chi connectivity index (χ1) is 4.29. The molecule has 0 aromatic heterocycles. The van der Waals surface area contributed by atoms with Crippen molar-refractivity contribution < 1.29 is 9.90 Å². The maximum absolute atomic E-state index is 10.4. The summed E-state index contributed by atoms with van der Waals surface area (Å²) in [4.78, 5) is 10.4. The third kappa shape index (κ3) is 0.995. The van der Waals surface area contributed by atoms with E-state index >= 15 is 0 Å². The minimum Gasteiger partial charge on any atom is -0.480 e. The molecule has 1 heterocycles. The van der Waals surface area contributed by atoms with E-state index in [9.17, 15) is 4.79 Å². The molecule has 0 aromatic rings. The Labute approximate surface area is 65.2 Å². The van der Waals surface area contributed by atoms with Crippen LogP contribution in [-0.4, -0.2) is 23.7 Å². The Kier molecular flexibility index (Phi) is 1.88. The van der Waals surface area contributed by atoms with E-state index in [2.05, 4.69) is 5.32 Å². The van der Waals surface area contributed by atoms with Crippen LogP contribution in [0.2, 0.25) is 0 Å². The van der Waals surface area contributed by atoms with E-state index in [4.69, 9.17) is 5.11 Å².